The van der Waals surface area contributed by atoms with Crippen molar-refractivity contribution in [2.45, 2.75) is 245 Å². The Morgan fingerprint density at radius 1 is 0.267 bits per heavy atom. The number of unbranched alkanes of at least 4 members (excludes halogenated alkanes) is 15. The zero-order valence-corrected chi connectivity index (χ0v) is 48.0. The minimum Gasteiger partial charge on any atom is -0.462 e. The van der Waals surface area contributed by atoms with Gasteiger partial charge >= 0.3 is 17.9 Å². The van der Waals surface area contributed by atoms with Gasteiger partial charge < -0.3 is 14.2 Å². The molecule has 6 nitrogen and oxygen atoms in total. The Hall–Kier alpha value is -4.97. The highest BCUT2D eigenvalue weighted by molar-refractivity contribution is 5.71. The Kier molecular flexibility index (Phi) is 57.5. The molecule has 420 valence electrons. The van der Waals surface area contributed by atoms with Crippen molar-refractivity contribution in [3.8, 4) is 0 Å². The van der Waals surface area contributed by atoms with Crippen LogP contribution in [0.1, 0.15) is 239 Å². The number of esters is 3. The second-order valence-electron chi connectivity index (χ2n) is 19.1. The van der Waals surface area contributed by atoms with Gasteiger partial charge in [-0.1, -0.05) is 237 Å². The van der Waals surface area contributed by atoms with E-state index >= 15 is 0 Å². The molecule has 0 aromatic rings. The van der Waals surface area contributed by atoms with Crippen LogP contribution in [0.25, 0.3) is 0 Å². The number of carbonyl (C=O) groups excluding carboxylic acids is 3. The molecule has 0 N–H and O–H groups in total. The molecular formula is C69H108O6. The second-order valence-corrected chi connectivity index (χ2v) is 19.1. The molecule has 0 saturated heterocycles. The van der Waals surface area contributed by atoms with Gasteiger partial charge in [0, 0.05) is 19.3 Å². The molecule has 0 aromatic carbocycles. The minimum atomic E-state index is -0.815. The van der Waals surface area contributed by atoms with Crippen molar-refractivity contribution < 1.29 is 28.6 Å². The Balaban J connectivity index is 4.30. The predicted octanol–water partition coefficient (Wildman–Crippen LogP) is 20.5. The van der Waals surface area contributed by atoms with E-state index in [2.05, 4.69) is 179 Å². The van der Waals surface area contributed by atoms with Crippen LogP contribution in [0.2, 0.25) is 0 Å². The van der Waals surface area contributed by atoms with Crippen molar-refractivity contribution in [2.75, 3.05) is 13.2 Å². The monoisotopic (exact) mass is 1030 g/mol. The molecule has 75 heavy (non-hydrogen) atoms. The van der Waals surface area contributed by atoms with Crippen LogP contribution in [0.5, 0.6) is 0 Å². The molecule has 0 spiro atoms. The van der Waals surface area contributed by atoms with E-state index in [9.17, 15) is 14.4 Å². The van der Waals surface area contributed by atoms with E-state index in [1.165, 1.54) is 38.5 Å². The van der Waals surface area contributed by atoms with Crippen molar-refractivity contribution in [3.63, 3.8) is 0 Å². The van der Waals surface area contributed by atoms with Gasteiger partial charge in [0.05, 0.1) is 0 Å². The third-order valence-corrected chi connectivity index (χ3v) is 12.0. The lowest BCUT2D eigenvalue weighted by atomic mass is 10.1. The Morgan fingerprint density at radius 3 is 0.760 bits per heavy atom. The molecule has 0 aromatic heterocycles. The standard InChI is InChI=1S/C69H108O6/c1-4-7-10-13-16-19-22-25-26-27-28-29-30-31-32-33-34-35-36-37-38-39-40-41-42-45-47-50-53-56-59-62-68(71)74-65-66(75-69(72)63-60-57-54-51-48-44-24-21-18-15-12-9-6-3)64-73-67(70)61-58-55-52-49-46-43-23-20-17-14-11-8-5-2/h7-12,16-21,25-26,28-29,31-32,34-35,37-38,43-44,46,48,66H,4-6,13-15,22-24,27,30,33,36,39-42,45,47,49-65H2,1-3H3/b10-7-,11-8-,12-9-,19-16-,20-17-,21-18-,26-25-,29-28-,32-31-,35-34-,38-37-,46-43-,48-44-. The van der Waals surface area contributed by atoms with Gasteiger partial charge in [0.2, 0.25) is 0 Å². The molecule has 0 amide bonds. The Labute approximate surface area is 460 Å². The first-order valence-electron chi connectivity index (χ1n) is 30.0. The fourth-order valence-corrected chi connectivity index (χ4v) is 7.63. The molecule has 0 heterocycles. The summed E-state index contributed by atoms with van der Waals surface area (Å²) in [5.41, 5.74) is 0. The summed E-state index contributed by atoms with van der Waals surface area (Å²) in [5.74, 6) is -0.983. The van der Waals surface area contributed by atoms with Crippen molar-refractivity contribution in [3.05, 3.63) is 158 Å². The average Bonchev–Trinajstić information content (AvgIpc) is 3.41. The van der Waals surface area contributed by atoms with Crippen molar-refractivity contribution in [1.82, 2.24) is 0 Å². The summed E-state index contributed by atoms with van der Waals surface area (Å²) in [6.07, 6.45) is 89.7. The maximum absolute atomic E-state index is 12.8. The summed E-state index contributed by atoms with van der Waals surface area (Å²) >= 11 is 0. The predicted molar refractivity (Wildman–Crippen MR) is 325 cm³/mol. The van der Waals surface area contributed by atoms with Gasteiger partial charge in [-0.05, 0) is 141 Å². The van der Waals surface area contributed by atoms with Gasteiger partial charge in [-0.15, -0.1) is 0 Å². The molecule has 1 atom stereocenters. The van der Waals surface area contributed by atoms with Crippen LogP contribution in [0.4, 0.5) is 0 Å². The van der Waals surface area contributed by atoms with Crippen LogP contribution in [0.15, 0.2) is 158 Å². The molecule has 0 aliphatic carbocycles. The maximum atomic E-state index is 12.8. The normalized spacial score (nSPS) is 13.3. The lowest BCUT2D eigenvalue weighted by molar-refractivity contribution is -0.167. The topological polar surface area (TPSA) is 78.9 Å². The number of hydrogen-bond acceptors (Lipinski definition) is 6. The van der Waals surface area contributed by atoms with Gasteiger partial charge in [-0.3, -0.25) is 14.4 Å². The average molecular weight is 1030 g/mol. The van der Waals surface area contributed by atoms with E-state index in [1.54, 1.807) is 0 Å². The van der Waals surface area contributed by atoms with Crippen LogP contribution in [-0.2, 0) is 28.6 Å². The van der Waals surface area contributed by atoms with Crippen LogP contribution >= 0.6 is 0 Å². The molecule has 0 aliphatic rings. The zero-order valence-electron chi connectivity index (χ0n) is 48.0. The van der Waals surface area contributed by atoms with E-state index in [-0.39, 0.29) is 37.5 Å². The van der Waals surface area contributed by atoms with E-state index in [0.717, 1.165) is 161 Å². The number of carbonyl (C=O) groups is 3. The summed E-state index contributed by atoms with van der Waals surface area (Å²) in [6, 6.07) is 0. The molecular weight excluding hydrogens is 925 g/mol. The van der Waals surface area contributed by atoms with E-state index < -0.39 is 6.10 Å². The van der Waals surface area contributed by atoms with Crippen molar-refractivity contribution in [1.29, 1.82) is 0 Å². The minimum absolute atomic E-state index is 0.109. The first kappa shape index (κ1) is 70.0. The van der Waals surface area contributed by atoms with E-state index in [0.29, 0.717) is 12.8 Å². The summed E-state index contributed by atoms with van der Waals surface area (Å²) in [6.45, 7) is 6.22. The molecule has 0 rings (SSSR count). The van der Waals surface area contributed by atoms with E-state index in [4.69, 9.17) is 14.2 Å². The summed E-state index contributed by atoms with van der Waals surface area (Å²) in [5, 5.41) is 0. The van der Waals surface area contributed by atoms with E-state index in [1.807, 2.05) is 0 Å². The van der Waals surface area contributed by atoms with Gasteiger partial charge in [0.25, 0.3) is 0 Å². The van der Waals surface area contributed by atoms with Crippen LogP contribution in [0, 0.1) is 0 Å². The fourth-order valence-electron chi connectivity index (χ4n) is 7.63. The second kappa shape index (κ2) is 61.6. The maximum Gasteiger partial charge on any atom is 0.306 e. The summed E-state index contributed by atoms with van der Waals surface area (Å²) in [4.78, 5) is 38.1. The first-order chi connectivity index (χ1) is 37.0. The molecule has 0 bridgehead atoms. The highest BCUT2D eigenvalue weighted by Gasteiger charge is 2.19. The van der Waals surface area contributed by atoms with Crippen LogP contribution in [0.3, 0.4) is 0 Å². The lowest BCUT2D eigenvalue weighted by Gasteiger charge is -2.18. The molecule has 0 aliphatic heterocycles. The Morgan fingerprint density at radius 2 is 0.480 bits per heavy atom. The summed E-state index contributed by atoms with van der Waals surface area (Å²) in [7, 11) is 0. The molecule has 6 heteroatoms. The van der Waals surface area contributed by atoms with Gasteiger partial charge in [-0.2, -0.15) is 0 Å². The third kappa shape index (κ3) is 59.8. The van der Waals surface area contributed by atoms with Crippen LogP contribution in [-0.4, -0.2) is 37.2 Å². The number of allylic oxidation sites excluding steroid dienone is 26. The zero-order chi connectivity index (χ0) is 54.3. The molecule has 0 radical (unpaired) electrons. The highest BCUT2D eigenvalue weighted by atomic mass is 16.6. The quantitative estimate of drug-likeness (QED) is 0.0261. The molecule has 1 unspecified atom stereocenters. The van der Waals surface area contributed by atoms with Crippen molar-refractivity contribution in [2.24, 2.45) is 0 Å². The summed E-state index contributed by atoms with van der Waals surface area (Å²) < 4.78 is 16.8. The van der Waals surface area contributed by atoms with Gasteiger partial charge in [-0.25, -0.2) is 0 Å². The van der Waals surface area contributed by atoms with Gasteiger partial charge in [0.1, 0.15) is 13.2 Å². The molecule has 0 fully saturated rings. The Bertz CT molecular complexity index is 1710. The van der Waals surface area contributed by atoms with Crippen LogP contribution < -0.4 is 0 Å². The number of ether oxygens (including phenoxy) is 3. The lowest BCUT2D eigenvalue weighted by Crippen LogP contribution is -2.30. The third-order valence-electron chi connectivity index (χ3n) is 12.0. The van der Waals surface area contributed by atoms with Crippen molar-refractivity contribution >= 4 is 17.9 Å². The largest absolute Gasteiger partial charge is 0.462 e. The van der Waals surface area contributed by atoms with Gasteiger partial charge in [0.15, 0.2) is 6.10 Å². The fraction of sp³-hybridized carbons (Fsp3) is 0.580. The number of rotatable bonds is 52. The first-order valence-corrected chi connectivity index (χ1v) is 30.0. The number of hydrogen-bond donors (Lipinski definition) is 0. The molecule has 0 saturated carbocycles. The highest BCUT2D eigenvalue weighted by Crippen LogP contribution is 2.14. The SMILES string of the molecule is CC/C=C\C/C=C\C/C=C\C/C=C\C/C=C\C/C=C\C/C=C\CCCCCCCCCCCC(=O)OCC(COC(=O)CCCCC/C=C\C/C=C\C/C=C\CC)OC(=O)CCCCC/C=C\C/C=C\C/C=C\CC. The smallest absolute Gasteiger partial charge is 0.306 e.